The predicted octanol–water partition coefficient (Wildman–Crippen LogP) is 2.78. The van der Waals surface area contributed by atoms with Gasteiger partial charge in [0.25, 0.3) is 0 Å². The van der Waals surface area contributed by atoms with Crippen molar-refractivity contribution in [1.29, 1.82) is 0 Å². The summed E-state index contributed by atoms with van der Waals surface area (Å²) in [5.41, 5.74) is 1.52. The van der Waals surface area contributed by atoms with Crippen molar-refractivity contribution in [2.45, 2.75) is 6.92 Å². The number of aryl methyl sites for hydroxylation is 1. The van der Waals surface area contributed by atoms with Gasteiger partial charge in [-0.05, 0) is 36.8 Å². The van der Waals surface area contributed by atoms with E-state index in [2.05, 4.69) is 21.2 Å². The fourth-order valence-corrected chi connectivity index (χ4v) is 2.55. The largest absolute Gasteiger partial charge is 0.545 e. The Hall–Kier alpha value is -2.60. The summed E-state index contributed by atoms with van der Waals surface area (Å²) in [6.07, 6.45) is 2.91. The number of halogens is 1. The van der Waals surface area contributed by atoms with Gasteiger partial charge in [0.05, 0.1) is 18.8 Å². The molecule has 2 aromatic carbocycles. The maximum absolute atomic E-state index is 12.1. The van der Waals surface area contributed by atoms with Crippen LogP contribution in [0.15, 0.2) is 46.9 Å². The van der Waals surface area contributed by atoms with Crippen molar-refractivity contribution >= 4 is 39.6 Å². The summed E-state index contributed by atoms with van der Waals surface area (Å²) in [6.45, 7) is 1.71. The van der Waals surface area contributed by atoms with Crippen molar-refractivity contribution < 1.29 is 19.4 Å². The average Bonchev–Trinajstić information content (AvgIpc) is 2.54. The second-order valence-corrected chi connectivity index (χ2v) is 5.91. The molecule has 0 aliphatic heterocycles. The molecule has 5 nitrogen and oxygen atoms in total. The molecule has 24 heavy (non-hydrogen) atoms. The third-order valence-electron chi connectivity index (χ3n) is 3.35. The molecule has 1 amide bonds. The normalized spacial score (nSPS) is 10.6. The molecule has 124 valence electrons. The van der Waals surface area contributed by atoms with Gasteiger partial charge in [0, 0.05) is 21.7 Å². The number of carbonyl (C=O) groups is 2. The minimum absolute atomic E-state index is 0.0585. The fourth-order valence-electron chi connectivity index (χ4n) is 2.17. The van der Waals surface area contributed by atoms with Crippen molar-refractivity contribution in [2.24, 2.45) is 0 Å². The minimum Gasteiger partial charge on any atom is -0.545 e. The molecule has 0 atom stereocenters. The van der Waals surface area contributed by atoms with Crippen LogP contribution < -0.4 is 15.2 Å². The van der Waals surface area contributed by atoms with Crippen LogP contribution in [0.3, 0.4) is 0 Å². The number of nitrogens with one attached hydrogen (secondary N) is 1. The molecule has 0 unspecified atom stereocenters. The zero-order chi connectivity index (χ0) is 17.7. The zero-order valence-electron chi connectivity index (χ0n) is 13.1. The Kier molecular flexibility index (Phi) is 5.76. The van der Waals surface area contributed by atoms with E-state index in [4.69, 9.17) is 4.74 Å². The molecule has 0 heterocycles. The molecule has 0 aliphatic rings. The fraction of sp³-hybridized carbons (Fsp3) is 0.111. The molecule has 0 aromatic heterocycles. The van der Waals surface area contributed by atoms with E-state index in [0.29, 0.717) is 16.9 Å². The van der Waals surface area contributed by atoms with Gasteiger partial charge in [-0.25, -0.2) is 0 Å². The number of methoxy groups -OCH3 is 1. The third kappa shape index (κ3) is 4.23. The monoisotopic (exact) mass is 388 g/mol. The first-order chi connectivity index (χ1) is 11.4. The summed E-state index contributed by atoms with van der Waals surface area (Å²) < 4.78 is 6.08. The van der Waals surface area contributed by atoms with E-state index in [1.54, 1.807) is 38.3 Å². The first-order valence-electron chi connectivity index (χ1n) is 7.06. The number of hydrogen-bond acceptors (Lipinski definition) is 4. The maximum Gasteiger partial charge on any atom is 0.248 e. The molecule has 2 rings (SSSR count). The number of anilines is 1. The Labute approximate surface area is 148 Å². The Balaban J connectivity index is 2.23. The highest BCUT2D eigenvalue weighted by molar-refractivity contribution is 9.10. The summed E-state index contributed by atoms with van der Waals surface area (Å²) in [7, 11) is 1.54. The summed E-state index contributed by atoms with van der Waals surface area (Å²) in [6, 6.07) is 10.1. The number of amides is 1. The number of carboxylic acid groups (broad SMARTS) is 1. The highest BCUT2D eigenvalue weighted by atomic mass is 79.9. The van der Waals surface area contributed by atoms with Gasteiger partial charge in [-0.2, -0.15) is 0 Å². The Morgan fingerprint density at radius 2 is 2.00 bits per heavy atom. The Morgan fingerprint density at radius 1 is 1.25 bits per heavy atom. The summed E-state index contributed by atoms with van der Waals surface area (Å²) in [5, 5.41) is 13.7. The van der Waals surface area contributed by atoms with Crippen LogP contribution in [0, 0.1) is 6.92 Å². The van der Waals surface area contributed by atoms with Gasteiger partial charge in [0.2, 0.25) is 5.91 Å². The molecule has 0 spiro atoms. The van der Waals surface area contributed by atoms with Crippen molar-refractivity contribution in [1.82, 2.24) is 0 Å². The zero-order valence-corrected chi connectivity index (χ0v) is 14.7. The lowest BCUT2D eigenvalue weighted by atomic mass is 10.1. The molecule has 0 radical (unpaired) electrons. The van der Waals surface area contributed by atoms with E-state index in [9.17, 15) is 14.7 Å². The predicted molar refractivity (Wildman–Crippen MR) is 93.9 cm³/mol. The Morgan fingerprint density at radius 3 is 2.67 bits per heavy atom. The van der Waals surface area contributed by atoms with Crippen LogP contribution >= 0.6 is 15.9 Å². The number of carbonyl (C=O) groups excluding carboxylic acids is 2. The maximum atomic E-state index is 12.1. The molecule has 0 aliphatic carbocycles. The number of ether oxygens (including phenoxy) is 1. The van der Waals surface area contributed by atoms with E-state index in [-0.39, 0.29) is 11.3 Å². The SMILES string of the molecule is COc1ccc(Br)cc1/C=C/C(=O)Nc1c(C)cccc1C(=O)[O-]. The lowest BCUT2D eigenvalue weighted by Gasteiger charge is -2.13. The van der Waals surface area contributed by atoms with Crippen LogP contribution in [0.2, 0.25) is 0 Å². The van der Waals surface area contributed by atoms with Crippen LogP contribution in [0.5, 0.6) is 5.75 Å². The standard InChI is InChI=1S/C18H16BrNO4/c1-11-4-3-5-14(18(22)23)17(11)20-16(21)9-6-12-10-13(19)7-8-15(12)24-2/h3-10H,1-2H3,(H,20,21)(H,22,23)/p-1/b9-6+. The van der Waals surface area contributed by atoms with Crippen LogP contribution in [-0.4, -0.2) is 19.0 Å². The number of benzene rings is 2. The Bertz CT molecular complexity index is 815. The van der Waals surface area contributed by atoms with Crippen molar-refractivity contribution in [3.05, 3.63) is 63.6 Å². The third-order valence-corrected chi connectivity index (χ3v) is 3.84. The van der Waals surface area contributed by atoms with Gasteiger partial charge in [-0.15, -0.1) is 0 Å². The van der Waals surface area contributed by atoms with E-state index in [0.717, 1.165) is 4.47 Å². The van der Waals surface area contributed by atoms with Crippen molar-refractivity contribution in [2.75, 3.05) is 12.4 Å². The molecular weight excluding hydrogens is 374 g/mol. The van der Waals surface area contributed by atoms with Crippen LogP contribution in [-0.2, 0) is 4.79 Å². The van der Waals surface area contributed by atoms with Gasteiger partial charge in [0.1, 0.15) is 5.75 Å². The lowest BCUT2D eigenvalue weighted by Crippen LogP contribution is -2.25. The van der Waals surface area contributed by atoms with Crippen LogP contribution in [0.25, 0.3) is 6.08 Å². The summed E-state index contributed by atoms with van der Waals surface area (Å²) >= 11 is 3.36. The first kappa shape index (κ1) is 17.7. The summed E-state index contributed by atoms with van der Waals surface area (Å²) in [4.78, 5) is 23.3. The molecule has 6 heteroatoms. The molecule has 0 fully saturated rings. The van der Waals surface area contributed by atoms with E-state index < -0.39 is 11.9 Å². The van der Waals surface area contributed by atoms with Crippen LogP contribution in [0.4, 0.5) is 5.69 Å². The topological polar surface area (TPSA) is 78.5 Å². The van der Waals surface area contributed by atoms with Gasteiger partial charge >= 0.3 is 0 Å². The van der Waals surface area contributed by atoms with Crippen molar-refractivity contribution in [3.8, 4) is 5.75 Å². The average molecular weight is 389 g/mol. The molecule has 0 saturated heterocycles. The highest BCUT2D eigenvalue weighted by Crippen LogP contribution is 2.24. The smallest absolute Gasteiger partial charge is 0.248 e. The van der Waals surface area contributed by atoms with Crippen molar-refractivity contribution in [3.63, 3.8) is 0 Å². The van der Waals surface area contributed by atoms with Gasteiger partial charge < -0.3 is 20.0 Å². The molecular formula is C18H15BrNO4-. The number of carboxylic acids is 1. The number of aromatic carboxylic acids is 1. The molecule has 0 saturated carbocycles. The first-order valence-corrected chi connectivity index (χ1v) is 7.85. The number of para-hydroxylation sites is 1. The molecule has 0 bridgehead atoms. The molecule has 2 aromatic rings. The van der Waals surface area contributed by atoms with Crippen LogP contribution in [0.1, 0.15) is 21.5 Å². The number of rotatable bonds is 5. The highest BCUT2D eigenvalue weighted by Gasteiger charge is 2.09. The number of hydrogen-bond donors (Lipinski definition) is 1. The molecule has 1 N–H and O–H groups in total. The van der Waals surface area contributed by atoms with E-state index >= 15 is 0 Å². The lowest BCUT2D eigenvalue weighted by molar-refractivity contribution is -0.254. The van der Waals surface area contributed by atoms with E-state index in [1.807, 2.05) is 12.1 Å². The van der Waals surface area contributed by atoms with E-state index in [1.165, 1.54) is 12.1 Å². The quantitative estimate of drug-likeness (QED) is 0.798. The minimum atomic E-state index is -1.34. The second kappa shape index (κ2) is 7.79. The van der Waals surface area contributed by atoms with Gasteiger partial charge in [0.15, 0.2) is 0 Å². The van der Waals surface area contributed by atoms with Gasteiger partial charge in [-0.3, -0.25) is 4.79 Å². The summed E-state index contributed by atoms with van der Waals surface area (Å²) in [5.74, 6) is -1.17. The van der Waals surface area contributed by atoms with Gasteiger partial charge in [-0.1, -0.05) is 34.1 Å². The second-order valence-electron chi connectivity index (χ2n) is 4.99.